The van der Waals surface area contributed by atoms with E-state index in [9.17, 15) is 0 Å². The van der Waals surface area contributed by atoms with Crippen LogP contribution in [0.3, 0.4) is 0 Å². The number of aryl methyl sites for hydroxylation is 1. The zero-order valence-corrected chi connectivity index (χ0v) is 11.2. The van der Waals surface area contributed by atoms with Crippen molar-refractivity contribution in [2.24, 2.45) is 0 Å². The van der Waals surface area contributed by atoms with Gasteiger partial charge in [0.15, 0.2) is 0 Å². The molecule has 1 aromatic carbocycles. The van der Waals surface area contributed by atoms with Crippen molar-refractivity contribution < 1.29 is 0 Å². The Labute approximate surface area is 101 Å². The number of benzene rings is 1. The Morgan fingerprint density at radius 1 is 1.06 bits per heavy atom. The molecule has 16 heavy (non-hydrogen) atoms. The maximum atomic E-state index is 4.13. The third-order valence-corrected chi connectivity index (χ3v) is 3.09. The highest BCUT2D eigenvalue weighted by molar-refractivity contribution is 5.34. The lowest BCUT2D eigenvalue weighted by molar-refractivity contribution is 0.785. The highest BCUT2D eigenvalue weighted by atomic mass is 14.1. The van der Waals surface area contributed by atoms with Crippen molar-refractivity contribution in [2.75, 3.05) is 0 Å². The lowest BCUT2D eigenvalue weighted by Crippen LogP contribution is -1.97. The second kappa shape index (κ2) is 6.08. The third-order valence-electron chi connectivity index (χ3n) is 3.09. The molecule has 89 valence electrons. The van der Waals surface area contributed by atoms with E-state index in [4.69, 9.17) is 0 Å². The van der Waals surface area contributed by atoms with Crippen LogP contribution in [0, 0.1) is 6.92 Å². The maximum Gasteiger partial charge on any atom is -0.0190 e. The molecular weight excluding hydrogens is 192 g/mol. The standard InChI is InChI=1S/C16H25/c1-6-7-8-14-9-15(12(2)3)11-16(10-14)13(4)5/h9-13H,2,6-8H2,1,3-5H3. The fourth-order valence-corrected chi connectivity index (χ4v) is 1.89. The topological polar surface area (TPSA) is 0 Å². The van der Waals surface area contributed by atoms with Gasteiger partial charge in [-0.05, 0) is 48.3 Å². The first-order valence-electron chi connectivity index (χ1n) is 6.51. The first kappa shape index (κ1) is 13.3. The lowest BCUT2D eigenvalue weighted by Gasteiger charge is -2.14. The molecule has 0 heterocycles. The largest absolute Gasteiger partial charge is 0.0654 e. The van der Waals surface area contributed by atoms with Gasteiger partial charge < -0.3 is 0 Å². The average molecular weight is 217 g/mol. The van der Waals surface area contributed by atoms with Crippen LogP contribution in [0.2, 0.25) is 0 Å². The Balaban J connectivity index is 2.99. The van der Waals surface area contributed by atoms with Gasteiger partial charge in [0.25, 0.3) is 0 Å². The zero-order chi connectivity index (χ0) is 12.1. The van der Waals surface area contributed by atoms with E-state index < -0.39 is 0 Å². The average Bonchev–Trinajstić information content (AvgIpc) is 2.25. The van der Waals surface area contributed by atoms with Gasteiger partial charge in [-0.2, -0.15) is 0 Å². The van der Waals surface area contributed by atoms with E-state index in [0.717, 1.165) is 0 Å². The summed E-state index contributed by atoms with van der Waals surface area (Å²) in [6.45, 7) is 13.1. The minimum atomic E-state index is 0.388. The molecular formula is C16H25. The summed E-state index contributed by atoms with van der Waals surface area (Å²) in [5.74, 6) is 0.998. The minimum absolute atomic E-state index is 0.388. The molecule has 1 unspecified atom stereocenters. The summed E-state index contributed by atoms with van der Waals surface area (Å²) in [6, 6.07) is 7.02. The van der Waals surface area contributed by atoms with Crippen LogP contribution in [0.4, 0.5) is 0 Å². The minimum Gasteiger partial charge on any atom is -0.0654 e. The van der Waals surface area contributed by atoms with Crippen LogP contribution in [0.5, 0.6) is 0 Å². The molecule has 0 fully saturated rings. The summed E-state index contributed by atoms with van der Waals surface area (Å²) < 4.78 is 0. The summed E-state index contributed by atoms with van der Waals surface area (Å²) >= 11 is 0. The second-order valence-corrected chi connectivity index (χ2v) is 5.17. The van der Waals surface area contributed by atoms with Gasteiger partial charge in [0.05, 0.1) is 0 Å². The lowest BCUT2D eigenvalue weighted by atomic mass is 9.92. The predicted octanol–water partition coefficient (Wildman–Crippen LogP) is 5.09. The smallest absolute Gasteiger partial charge is 0.0190 e. The molecule has 0 saturated heterocycles. The van der Waals surface area contributed by atoms with Crippen LogP contribution in [0.15, 0.2) is 18.2 Å². The van der Waals surface area contributed by atoms with Gasteiger partial charge in [-0.1, -0.05) is 52.3 Å². The van der Waals surface area contributed by atoms with Gasteiger partial charge in [0.1, 0.15) is 0 Å². The Hall–Kier alpha value is -0.780. The van der Waals surface area contributed by atoms with E-state index >= 15 is 0 Å². The number of rotatable bonds is 5. The first-order valence-corrected chi connectivity index (χ1v) is 6.51. The maximum absolute atomic E-state index is 4.13. The summed E-state index contributed by atoms with van der Waals surface area (Å²) in [7, 11) is 0. The Bertz CT molecular complexity index is 295. The van der Waals surface area contributed by atoms with Gasteiger partial charge in [0, 0.05) is 0 Å². The Morgan fingerprint density at radius 2 is 1.69 bits per heavy atom. The monoisotopic (exact) mass is 217 g/mol. The summed E-state index contributed by atoms with van der Waals surface area (Å²) in [5.41, 5.74) is 4.33. The molecule has 0 bridgehead atoms. The highest BCUT2D eigenvalue weighted by Gasteiger charge is 2.06. The molecule has 0 spiro atoms. The number of hydrogen-bond donors (Lipinski definition) is 0. The van der Waals surface area contributed by atoms with Crippen LogP contribution in [0.1, 0.15) is 69.1 Å². The number of hydrogen-bond acceptors (Lipinski definition) is 0. The SMILES string of the molecule is [CH2]C(C)c1cc(CCCC)cc(C(C)C)c1. The molecule has 1 radical (unpaired) electrons. The van der Waals surface area contributed by atoms with E-state index in [1.165, 1.54) is 36.0 Å². The Kier molecular flexibility index (Phi) is 5.05. The predicted molar refractivity (Wildman–Crippen MR) is 72.9 cm³/mol. The molecule has 0 nitrogen and oxygen atoms in total. The third kappa shape index (κ3) is 3.66. The molecule has 0 aliphatic heterocycles. The van der Waals surface area contributed by atoms with Crippen molar-refractivity contribution in [3.63, 3.8) is 0 Å². The molecule has 1 aromatic rings. The van der Waals surface area contributed by atoms with Gasteiger partial charge in [-0.3, -0.25) is 0 Å². The van der Waals surface area contributed by atoms with Gasteiger partial charge in [0.2, 0.25) is 0 Å². The molecule has 0 amide bonds. The van der Waals surface area contributed by atoms with Crippen molar-refractivity contribution in [2.45, 2.75) is 58.8 Å². The van der Waals surface area contributed by atoms with Crippen molar-refractivity contribution in [1.82, 2.24) is 0 Å². The Morgan fingerprint density at radius 3 is 2.19 bits per heavy atom. The van der Waals surface area contributed by atoms with Crippen LogP contribution >= 0.6 is 0 Å². The van der Waals surface area contributed by atoms with Gasteiger partial charge in [-0.25, -0.2) is 0 Å². The van der Waals surface area contributed by atoms with E-state index in [0.29, 0.717) is 11.8 Å². The molecule has 0 aromatic heterocycles. The molecule has 0 N–H and O–H groups in total. The molecule has 0 aliphatic carbocycles. The fraction of sp³-hybridized carbons (Fsp3) is 0.562. The fourth-order valence-electron chi connectivity index (χ4n) is 1.89. The van der Waals surface area contributed by atoms with Crippen LogP contribution in [-0.4, -0.2) is 0 Å². The highest BCUT2D eigenvalue weighted by Crippen LogP contribution is 2.24. The molecule has 0 aliphatic rings. The van der Waals surface area contributed by atoms with E-state index in [2.05, 4.69) is 52.8 Å². The summed E-state index contributed by atoms with van der Waals surface area (Å²) in [4.78, 5) is 0. The van der Waals surface area contributed by atoms with E-state index in [-0.39, 0.29) is 0 Å². The van der Waals surface area contributed by atoms with Crippen LogP contribution in [0.25, 0.3) is 0 Å². The van der Waals surface area contributed by atoms with E-state index in [1.807, 2.05) is 0 Å². The van der Waals surface area contributed by atoms with E-state index in [1.54, 1.807) is 0 Å². The number of unbranched alkanes of at least 4 members (excludes halogenated alkanes) is 1. The second-order valence-electron chi connectivity index (χ2n) is 5.17. The molecule has 1 atom stereocenters. The molecule has 0 saturated carbocycles. The molecule has 1 rings (SSSR count). The van der Waals surface area contributed by atoms with Crippen molar-refractivity contribution in [3.05, 3.63) is 41.8 Å². The first-order chi connectivity index (χ1) is 7.54. The zero-order valence-electron chi connectivity index (χ0n) is 11.2. The van der Waals surface area contributed by atoms with Crippen LogP contribution < -0.4 is 0 Å². The summed E-state index contributed by atoms with van der Waals surface area (Å²) in [6.07, 6.45) is 3.75. The van der Waals surface area contributed by atoms with Gasteiger partial charge in [-0.15, -0.1) is 0 Å². The van der Waals surface area contributed by atoms with Gasteiger partial charge >= 0.3 is 0 Å². The van der Waals surface area contributed by atoms with Crippen molar-refractivity contribution in [1.29, 1.82) is 0 Å². The quantitative estimate of drug-likeness (QED) is 0.644. The van der Waals surface area contributed by atoms with Crippen LogP contribution in [-0.2, 0) is 6.42 Å². The summed E-state index contributed by atoms with van der Waals surface area (Å²) in [5, 5.41) is 0. The normalized spacial score (nSPS) is 11.4. The molecule has 0 heteroatoms. The van der Waals surface area contributed by atoms with Crippen molar-refractivity contribution in [3.8, 4) is 0 Å². The van der Waals surface area contributed by atoms with Crippen molar-refractivity contribution >= 4 is 0 Å².